The molecule has 0 bridgehead atoms. The van der Waals surface area contributed by atoms with E-state index in [4.69, 9.17) is 44.3 Å². The van der Waals surface area contributed by atoms with Crippen molar-refractivity contribution >= 4 is 58.0 Å². The summed E-state index contributed by atoms with van der Waals surface area (Å²) < 4.78 is 10.1. The monoisotopic (exact) mass is 416 g/mol. The molecule has 0 unspecified atom stereocenters. The van der Waals surface area contributed by atoms with Gasteiger partial charge in [0, 0.05) is 24.6 Å². The summed E-state index contributed by atoms with van der Waals surface area (Å²) in [5, 5.41) is 6.10. The van der Waals surface area contributed by atoms with Crippen LogP contribution in [-0.2, 0) is 14.3 Å². The molecule has 0 spiro atoms. The van der Waals surface area contributed by atoms with Gasteiger partial charge in [-0.3, -0.25) is 9.59 Å². The van der Waals surface area contributed by atoms with E-state index in [1.54, 1.807) is 24.3 Å². The zero-order chi connectivity index (χ0) is 19.1. The minimum atomic E-state index is -0.410. The number of halogens is 3. The molecule has 26 heavy (non-hydrogen) atoms. The highest BCUT2D eigenvalue weighted by Crippen LogP contribution is 2.33. The molecule has 0 saturated heterocycles. The van der Waals surface area contributed by atoms with Crippen LogP contribution in [0.2, 0.25) is 15.1 Å². The smallest absolute Gasteiger partial charge is 0.262 e. The average Bonchev–Trinajstić information content (AvgIpc) is 2.57. The van der Waals surface area contributed by atoms with Gasteiger partial charge in [0.2, 0.25) is 5.91 Å². The molecule has 2 N–H and O–H groups in total. The summed E-state index contributed by atoms with van der Waals surface area (Å²) in [6, 6.07) is 9.54. The first-order valence-electron chi connectivity index (χ1n) is 7.35. The Kier molecular flexibility index (Phi) is 7.53. The lowest BCUT2D eigenvalue weighted by atomic mass is 10.2. The number of amides is 2. The molecule has 0 saturated carbocycles. The molecule has 9 heteroatoms. The van der Waals surface area contributed by atoms with E-state index in [0.29, 0.717) is 16.4 Å². The van der Waals surface area contributed by atoms with E-state index in [1.165, 1.54) is 19.2 Å². The number of hydrogen-bond donors (Lipinski definition) is 2. The number of hydrogen-bond acceptors (Lipinski definition) is 4. The standard InChI is InChI=1S/C17H15Cl3N2O4/c1-25-8-16(23)21-10-3-2-4-11(5-10)22-17(24)9-26-15-7-13(19)12(18)6-14(15)20/h2-7H,8-9H2,1H3,(H,21,23)(H,22,24). The summed E-state index contributed by atoms with van der Waals surface area (Å²) in [6.45, 7) is -0.340. The fourth-order valence-corrected chi connectivity index (χ4v) is 2.55. The molecule has 0 aliphatic rings. The Labute approximate surface area is 165 Å². The van der Waals surface area contributed by atoms with Crippen LogP contribution in [0.4, 0.5) is 11.4 Å². The van der Waals surface area contributed by atoms with Crippen LogP contribution in [0, 0.1) is 0 Å². The molecule has 2 aromatic carbocycles. The number of carbonyl (C=O) groups is 2. The number of anilines is 2. The lowest BCUT2D eigenvalue weighted by Gasteiger charge is -2.11. The van der Waals surface area contributed by atoms with Gasteiger partial charge < -0.3 is 20.1 Å². The molecule has 0 aliphatic heterocycles. The van der Waals surface area contributed by atoms with Crippen molar-refractivity contribution in [1.82, 2.24) is 0 Å². The van der Waals surface area contributed by atoms with Crippen molar-refractivity contribution in [3.05, 3.63) is 51.5 Å². The largest absolute Gasteiger partial charge is 0.482 e. The third-order valence-corrected chi connectivity index (χ3v) is 4.06. The number of methoxy groups -OCH3 is 1. The molecular weight excluding hydrogens is 403 g/mol. The van der Waals surface area contributed by atoms with Crippen LogP contribution in [0.25, 0.3) is 0 Å². The second kappa shape index (κ2) is 9.64. The number of rotatable bonds is 7. The van der Waals surface area contributed by atoms with Crippen LogP contribution >= 0.6 is 34.8 Å². The van der Waals surface area contributed by atoms with Gasteiger partial charge in [-0.25, -0.2) is 0 Å². The summed E-state index contributed by atoms with van der Waals surface area (Å²) >= 11 is 17.7. The van der Waals surface area contributed by atoms with E-state index < -0.39 is 5.91 Å². The quantitative estimate of drug-likeness (QED) is 0.660. The topological polar surface area (TPSA) is 76.7 Å². The third kappa shape index (κ3) is 6.07. The second-order valence-corrected chi connectivity index (χ2v) is 6.32. The van der Waals surface area contributed by atoms with Crippen molar-refractivity contribution in [3.63, 3.8) is 0 Å². The highest BCUT2D eigenvalue weighted by Gasteiger charge is 2.10. The SMILES string of the molecule is COCC(=O)Nc1cccc(NC(=O)COc2cc(Cl)c(Cl)cc2Cl)c1. The first kappa shape index (κ1) is 20.3. The van der Waals surface area contributed by atoms with E-state index in [1.807, 2.05) is 0 Å². The highest BCUT2D eigenvalue weighted by molar-refractivity contribution is 6.43. The Morgan fingerprint density at radius 2 is 1.46 bits per heavy atom. The van der Waals surface area contributed by atoms with Crippen molar-refractivity contribution in [2.75, 3.05) is 31.0 Å². The summed E-state index contributed by atoms with van der Waals surface area (Å²) in [5.74, 6) is -0.460. The van der Waals surface area contributed by atoms with Gasteiger partial charge >= 0.3 is 0 Å². The molecule has 0 aliphatic carbocycles. The second-order valence-electron chi connectivity index (χ2n) is 5.10. The fraction of sp³-hybridized carbons (Fsp3) is 0.176. The Morgan fingerprint density at radius 3 is 2.08 bits per heavy atom. The lowest BCUT2D eigenvalue weighted by Crippen LogP contribution is -2.21. The minimum Gasteiger partial charge on any atom is -0.482 e. The number of ether oxygens (including phenoxy) is 2. The van der Waals surface area contributed by atoms with E-state index in [-0.39, 0.29) is 34.9 Å². The molecule has 6 nitrogen and oxygen atoms in total. The van der Waals surface area contributed by atoms with Gasteiger partial charge in [-0.15, -0.1) is 0 Å². The van der Waals surface area contributed by atoms with Crippen LogP contribution in [0.5, 0.6) is 5.75 Å². The first-order chi connectivity index (χ1) is 12.4. The predicted octanol–water partition coefficient (Wildman–Crippen LogP) is 4.25. The highest BCUT2D eigenvalue weighted by atomic mass is 35.5. The van der Waals surface area contributed by atoms with Crippen LogP contribution in [0.3, 0.4) is 0 Å². The Hall–Kier alpha value is -1.99. The van der Waals surface area contributed by atoms with Crippen molar-refractivity contribution in [2.45, 2.75) is 0 Å². The maximum atomic E-state index is 12.0. The van der Waals surface area contributed by atoms with Crippen molar-refractivity contribution in [2.24, 2.45) is 0 Å². The summed E-state index contributed by atoms with van der Waals surface area (Å²) in [7, 11) is 1.43. The van der Waals surface area contributed by atoms with Crippen molar-refractivity contribution < 1.29 is 19.1 Å². The summed E-state index contributed by atoms with van der Waals surface area (Å²) in [4.78, 5) is 23.6. The van der Waals surface area contributed by atoms with Gasteiger partial charge in [-0.2, -0.15) is 0 Å². The molecular formula is C17H15Cl3N2O4. The maximum absolute atomic E-state index is 12.0. The van der Waals surface area contributed by atoms with Crippen molar-refractivity contribution in [1.29, 1.82) is 0 Å². The van der Waals surface area contributed by atoms with Gasteiger partial charge in [0.05, 0.1) is 15.1 Å². The van der Waals surface area contributed by atoms with Gasteiger partial charge in [0.25, 0.3) is 5.91 Å². The number of benzene rings is 2. The van der Waals surface area contributed by atoms with E-state index >= 15 is 0 Å². The third-order valence-electron chi connectivity index (χ3n) is 3.04. The summed E-state index contributed by atoms with van der Waals surface area (Å²) in [5.41, 5.74) is 1.02. The zero-order valence-electron chi connectivity index (χ0n) is 13.6. The van der Waals surface area contributed by atoms with Crippen LogP contribution in [0.1, 0.15) is 0 Å². The van der Waals surface area contributed by atoms with Gasteiger partial charge in [-0.1, -0.05) is 40.9 Å². The molecule has 0 fully saturated rings. The fourth-order valence-electron chi connectivity index (χ4n) is 1.96. The Balaban J connectivity index is 1.94. The molecule has 2 rings (SSSR count). The molecule has 0 radical (unpaired) electrons. The lowest BCUT2D eigenvalue weighted by molar-refractivity contribution is -0.119. The van der Waals surface area contributed by atoms with E-state index in [9.17, 15) is 9.59 Å². The van der Waals surface area contributed by atoms with E-state index in [2.05, 4.69) is 10.6 Å². The van der Waals surface area contributed by atoms with Gasteiger partial charge in [-0.05, 0) is 24.3 Å². The summed E-state index contributed by atoms with van der Waals surface area (Å²) in [6.07, 6.45) is 0. The Bertz CT molecular complexity index is 815. The number of carbonyl (C=O) groups excluding carboxylic acids is 2. The predicted molar refractivity (Wildman–Crippen MR) is 103 cm³/mol. The van der Waals surface area contributed by atoms with Crippen LogP contribution < -0.4 is 15.4 Å². The Morgan fingerprint density at radius 1 is 0.885 bits per heavy atom. The molecule has 2 aromatic rings. The molecule has 2 amide bonds. The van der Waals surface area contributed by atoms with Crippen LogP contribution in [-0.4, -0.2) is 32.1 Å². The van der Waals surface area contributed by atoms with Gasteiger partial charge in [0.15, 0.2) is 6.61 Å². The first-order valence-corrected chi connectivity index (χ1v) is 8.48. The molecule has 0 aromatic heterocycles. The minimum absolute atomic E-state index is 0.0607. The maximum Gasteiger partial charge on any atom is 0.262 e. The molecule has 0 atom stereocenters. The van der Waals surface area contributed by atoms with Crippen molar-refractivity contribution in [3.8, 4) is 5.75 Å². The van der Waals surface area contributed by atoms with Crippen LogP contribution in [0.15, 0.2) is 36.4 Å². The zero-order valence-corrected chi connectivity index (χ0v) is 15.9. The van der Waals surface area contributed by atoms with Gasteiger partial charge in [0.1, 0.15) is 12.4 Å². The average molecular weight is 418 g/mol. The molecule has 138 valence electrons. The number of nitrogens with one attached hydrogen (secondary N) is 2. The normalized spacial score (nSPS) is 10.3. The molecule has 0 heterocycles. The van der Waals surface area contributed by atoms with E-state index in [0.717, 1.165) is 0 Å².